The monoisotopic (exact) mass is 270 g/mol. The van der Waals surface area contributed by atoms with E-state index < -0.39 is 0 Å². The molecule has 3 nitrogen and oxygen atoms in total. The average Bonchev–Trinajstić information content (AvgIpc) is 2.41. The van der Waals surface area contributed by atoms with E-state index in [1.54, 1.807) is 36.4 Å². The number of nitrogen functional groups attached to an aromatic ring is 1. The van der Waals surface area contributed by atoms with Crippen LogP contribution < -0.4 is 11.1 Å². The van der Waals surface area contributed by atoms with Crippen molar-refractivity contribution >= 4 is 28.9 Å². The molecular weight excluding hydrogens is 260 g/mol. The van der Waals surface area contributed by atoms with Gasteiger partial charge in [0, 0.05) is 22.0 Å². The lowest BCUT2D eigenvalue weighted by Gasteiger charge is -2.08. The maximum atomic E-state index is 12.1. The fraction of sp³-hybridized carbons (Fsp3) is 0. The largest absolute Gasteiger partial charge is 0.398 e. The van der Waals surface area contributed by atoms with E-state index in [2.05, 4.69) is 11.2 Å². The normalized spacial score (nSPS) is 9.68. The number of halogens is 1. The van der Waals surface area contributed by atoms with Gasteiger partial charge in [-0.1, -0.05) is 23.6 Å². The maximum absolute atomic E-state index is 12.1. The van der Waals surface area contributed by atoms with Crippen LogP contribution in [0.25, 0.3) is 0 Å². The summed E-state index contributed by atoms with van der Waals surface area (Å²) in [4.78, 5) is 12.1. The van der Waals surface area contributed by atoms with Gasteiger partial charge in [0.15, 0.2) is 0 Å². The molecule has 0 aromatic heterocycles. The van der Waals surface area contributed by atoms with E-state index in [-0.39, 0.29) is 5.91 Å². The van der Waals surface area contributed by atoms with Crippen LogP contribution in [0.2, 0.25) is 5.02 Å². The van der Waals surface area contributed by atoms with Gasteiger partial charge >= 0.3 is 0 Å². The minimum absolute atomic E-state index is 0.325. The Bertz CT molecular complexity index is 674. The van der Waals surface area contributed by atoms with Crippen LogP contribution in [0.5, 0.6) is 0 Å². The molecule has 1 amide bonds. The van der Waals surface area contributed by atoms with Crippen molar-refractivity contribution in [3.05, 3.63) is 58.6 Å². The minimum atomic E-state index is -0.325. The molecule has 19 heavy (non-hydrogen) atoms. The molecule has 3 N–H and O–H groups in total. The Balaban J connectivity index is 2.26. The van der Waals surface area contributed by atoms with Gasteiger partial charge in [-0.15, -0.1) is 6.42 Å². The predicted molar refractivity (Wildman–Crippen MR) is 78.2 cm³/mol. The van der Waals surface area contributed by atoms with Crippen LogP contribution >= 0.6 is 11.6 Å². The predicted octanol–water partition coefficient (Wildman–Crippen LogP) is 3.16. The molecule has 0 fully saturated rings. The molecule has 0 aliphatic rings. The summed E-state index contributed by atoms with van der Waals surface area (Å²) in [5.41, 5.74) is 7.75. The van der Waals surface area contributed by atoms with E-state index in [1.165, 1.54) is 6.07 Å². The Morgan fingerprint density at radius 3 is 2.79 bits per heavy atom. The quantitative estimate of drug-likeness (QED) is 0.651. The first kappa shape index (κ1) is 13.0. The van der Waals surface area contributed by atoms with Gasteiger partial charge in [0.1, 0.15) is 0 Å². The standard InChI is InChI=1S/C15H11ClN2O/c1-2-10-4-3-5-12(8-10)18-15(19)13-9-11(16)6-7-14(13)17/h1,3-9H,17H2,(H,18,19). The van der Waals surface area contributed by atoms with Gasteiger partial charge in [-0.3, -0.25) is 4.79 Å². The van der Waals surface area contributed by atoms with Crippen molar-refractivity contribution in [2.24, 2.45) is 0 Å². The number of nitrogens with two attached hydrogens (primary N) is 1. The summed E-state index contributed by atoms with van der Waals surface area (Å²) in [5, 5.41) is 3.18. The van der Waals surface area contributed by atoms with Crippen LogP contribution in [-0.2, 0) is 0 Å². The molecule has 0 aliphatic carbocycles. The Morgan fingerprint density at radius 1 is 1.26 bits per heavy atom. The van der Waals surface area contributed by atoms with Crippen molar-refractivity contribution < 1.29 is 4.79 Å². The third-order valence-electron chi connectivity index (χ3n) is 2.55. The van der Waals surface area contributed by atoms with E-state index in [0.717, 1.165) is 0 Å². The van der Waals surface area contributed by atoms with Crippen LogP contribution in [0.1, 0.15) is 15.9 Å². The number of carbonyl (C=O) groups is 1. The van der Waals surface area contributed by atoms with Gasteiger partial charge in [-0.2, -0.15) is 0 Å². The maximum Gasteiger partial charge on any atom is 0.257 e. The van der Waals surface area contributed by atoms with Gasteiger partial charge in [0.2, 0.25) is 0 Å². The zero-order valence-electron chi connectivity index (χ0n) is 9.98. The lowest BCUT2D eigenvalue weighted by Crippen LogP contribution is -2.14. The van der Waals surface area contributed by atoms with Crippen molar-refractivity contribution in [1.29, 1.82) is 0 Å². The van der Waals surface area contributed by atoms with Crippen molar-refractivity contribution in [3.8, 4) is 12.3 Å². The van der Waals surface area contributed by atoms with Crippen molar-refractivity contribution in [2.75, 3.05) is 11.1 Å². The second-order valence-corrected chi connectivity index (χ2v) is 4.35. The Kier molecular flexibility index (Phi) is 3.74. The molecule has 2 rings (SSSR count). The third-order valence-corrected chi connectivity index (χ3v) is 2.78. The summed E-state index contributed by atoms with van der Waals surface area (Å²) in [6.45, 7) is 0. The molecule has 0 saturated heterocycles. The number of anilines is 2. The summed E-state index contributed by atoms with van der Waals surface area (Å²) >= 11 is 5.85. The highest BCUT2D eigenvalue weighted by Crippen LogP contribution is 2.19. The van der Waals surface area contributed by atoms with E-state index in [9.17, 15) is 4.79 Å². The second kappa shape index (κ2) is 5.47. The number of amides is 1. The highest BCUT2D eigenvalue weighted by Gasteiger charge is 2.10. The highest BCUT2D eigenvalue weighted by atomic mass is 35.5. The summed E-state index contributed by atoms with van der Waals surface area (Å²) in [5.74, 6) is 2.18. The van der Waals surface area contributed by atoms with E-state index in [4.69, 9.17) is 23.8 Å². The molecule has 0 aliphatic heterocycles. The fourth-order valence-corrected chi connectivity index (χ4v) is 1.78. The molecule has 0 saturated carbocycles. The van der Waals surface area contributed by atoms with Gasteiger partial charge in [-0.05, 0) is 36.4 Å². The van der Waals surface area contributed by atoms with Crippen molar-refractivity contribution in [2.45, 2.75) is 0 Å². The van der Waals surface area contributed by atoms with E-state index >= 15 is 0 Å². The SMILES string of the molecule is C#Cc1cccc(NC(=O)c2cc(Cl)ccc2N)c1. The Labute approximate surface area is 116 Å². The van der Waals surface area contributed by atoms with Crippen molar-refractivity contribution in [3.63, 3.8) is 0 Å². The lowest BCUT2D eigenvalue weighted by atomic mass is 10.1. The first-order valence-electron chi connectivity index (χ1n) is 5.53. The molecule has 0 unspecified atom stereocenters. The number of nitrogens with one attached hydrogen (secondary N) is 1. The summed E-state index contributed by atoms with van der Waals surface area (Å²) in [6.07, 6.45) is 5.30. The van der Waals surface area contributed by atoms with Gasteiger partial charge < -0.3 is 11.1 Å². The molecule has 0 spiro atoms. The molecule has 0 bridgehead atoms. The number of terminal acetylenes is 1. The van der Waals surface area contributed by atoms with Gasteiger partial charge in [0.05, 0.1) is 5.56 Å². The van der Waals surface area contributed by atoms with Crippen LogP contribution in [0, 0.1) is 12.3 Å². The van der Waals surface area contributed by atoms with Crippen molar-refractivity contribution in [1.82, 2.24) is 0 Å². The lowest BCUT2D eigenvalue weighted by molar-refractivity contribution is 0.102. The van der Waals surface area contributed by atoms with Gasteiger partial charge in [0.25, 0.3) is 5.91 Å². The smallest absolute Gasteiger partial charge is 0.257 e. The fourth-order valence-electron chi connectivity index (χ4n) is 1.61. The topological polar surface area (TPSA) is 55.1 Å². The third kappa shape index (κ3) is 3.06. The molecule has 0 heterocycles. The first-order valence-corrected chi connectivity index (χ1v) is 5.91. The Morgan fingerprint density at radius 2 is 2.05 bits per heavy atom. The zero-order valence-corrected chi connectivity index (χ0v) is 10.7. The van der Waals surface area contributed by atoms with Crippen LogP contribution in [0.4, 0.5) is 11.4 Å². The highest BCUT2D eigenvalue weighted by molar-refractivity contribution is 6.31. The van der Waals surface area contributed by atoms with Crippen LogP contribution in [0.3, 0.4) is 0 Å². The first-order chi connectivity index (χ1) is 9.10. The molecular formula is C15H11ClN2O. The number of rotatable bonds is 2. The summed E-state index contributed by atoms with van der Waals surface area (Å²) in [6, 6.07) is 11.8. The molecule has 0 atom stereocenters. The summed E-state index contributed by atoms with van der Waals surface area (Å²) < 4.78 is 0. The zero-order chi connectivity index (χ0) is 13.8. The molecule has 2 aromatic carbocycles. The average molecular weight is 271 g/mol. The van der Waals surface area contributed by atoms with Crippen LogP contribution in [0.15, 0.2) is 42.5 Å². The summed E-state index contributed by atoms with van der Waals surface area (Å²) in [7, 11) is 0. The van der Waals surface area contributed by atoms with Crippen LogP contribution in [-0.4, -0.2) is 5.91 Å². The number of benzene rings is 2. The molecule has 94 valence electrons. The second-order valence-electron chi connectivity index (χ2n) is 3.91. The molecule has 0 radical (unpaired) electrons. The molecule has 2 aromatic rings. The molecule has 4 heteroatoms. The Hall–Kier alpha value is -2.44. The van der Waals surface area contributed by atoms with Gasteiger partial charge in [-0.25, -0.2) is 0 Å². The number of hydrogen-bond donors (Lipinski definition) is 2. The number of carbonyl (C=O) groups excluding carboxylic acids is 1. The van der Waals surface area contributed by atoms with E-state index in [1.807, 2.05) is 0 Å². The van der Waals surface area contributed by atoms with E-state index in [0.29, 0.717) is 27.5 Å². The number of hydrogen-bond acceptors (Lipinski definition) is 2. The minimum Gasteiger partial charge on any atom is -0.398 e.